The molecule has 0 radical (unpaired) electrons. The molecule has 0 bridgehead atoms. The average Bonchev–Trinajstić information content (AvgIpc) is 2.61. The Morgan fingerprint density at radius 3 is 2.67 bits per heavy atom. The molecule has 1 aromatic carbocycles. The van der Waals surface area contributed by atoms with E-state index in [4.69, 9.17) is 10.5 Å². The lowest BCUT2D eigenvalue weighted by molar-refractivity contribution is 0.276. The Labute approximate surface area is 111 Å². The van der Waals surface area contributed by atoms with Gasteiger partial charge in [0, 0.05) is 6.04 Å². The molecule has 2 nitrogen and oxygen atoms in total. The summed E-state index contributed by atoms with van der Waals surface area (Å²) < 4.78 is 5.72. The zero-order valence-electron chi connectivity index (χ0n) is 11.2. The smallest absolute Gasteiger partial charge is 0.119 e. The van der Waals surface area contributed by atoms with E-state index in [1.165, 1.54) is 38.5 Å². The first-order chi connectivity index (χ1) is 8.86. The van der Waals surface area contributed by atoms with Crippen LogP contribution < -0.4 is 10.5 Å². The molecule has 0 aliphatic heterocycles. The third kappa shape index (κ3) is 4.34. The summed E-state index contributed by atoms with van der Waals surface area (Å²) in [5, 5.41) is 0. The van der Waals surface area contributed by atoms with Gasteiger partial charge in [0.1, 0.15) is 5.75 Å². The minimum atomic E-state index is 0.421. The van der Waals surface area contributed by atoms with Crippen molar-refractivity contribution < 1.29 is 4.74 Å². The van der Waals surface area contributed by atoms with Gasteiger partial charge in [-0.05, 0) is 43.7 Å². The molecule has 2 N–H and O–H groups in total. The molecule has 2 unspecified atom stereocenters. The fourth-order valence-corrected chi connectivity index (χ4v) is 2.82. The molecule has 2 heteroatoms. The standard InChI is InChI=1S/C16H25NO/c17-16-12-6-1-3-8-14(16)9-7-13-18-15-10-4-2-5-11-15/h2,4-5,10-11,14,16H,1,3,6-9,12-13,17H2. The number of benzene rings is 1. The van der Waals surface area contributed by atoms with Crippen LogP contribution in [0.25, 0.3) is 0 Å². The summed E-state index contributed by atoms with van der Waals surface area (Å²) in [6.07, 6.45) is 8.90. The Morgan fingerprint density at radius 1 is 1.06 bits per heavy atom. The van der Waals surface area contributed by atoms with E-state index in [0.29, 0.717) is 12.0 Å². The maximum Gasteiger partial charge on any atom is 0.119 e. The molecule has 1 saturated carbocycles. The molecule has 2 atom stereocenters. The van der Waals surface area contributed by atoms with Crippen molar-refractivity contribution in [1.82, 2.24) is 0 Å². The minimum Gasteiger partial charge on any atom is -0.494 e. The van der Waals surface area contributed by atoms with Gasteiger partial charge in [0.05, 0.1) is 6.61 Å². The molecule has 0 saturated heterocycles. The van der Waals surface area contributed by atoms with Gasteiger partial charge in [0.15, 0.2) is 0 Å². The van der Waals surface area contributed by atoms with E-state index >= 15 is 0 Å². The van der Waals surface area contributed by atoms with Gasteiger partial charge in [-0.2, -0.15) is 0 Å². The molecule has 0 amide bonds. The highest BCUT2D eigenvalue weighted by Crippen LogP contribution is 2.25. The second kappa shape index (κ2) is 7.42. The lowest BCUT2D eigenvalue weighted by Gasteiger charge is -2.21. The van der Waals surface area contributed by atoms with E-state index in [2.05, 4.69) is 0 Å². The summed E-state index contributed by atoms with van der Waals surface area (Å²) in [5.41, 5.74) is 6.23. The maximum atomic E-state index is 6.23. The second-order valence-electron chi connectivity index (χ2n) is 5.37. The molecule has 1 fully saturated rings. The Morgan fingerprint density at radius 2 is 1.83 bits per heavy atom. The van der Waals surface area contributed by atoms with Gasteiger partial charge in [-0.15, -0.1) is 0 Å². The van der Waals surface area contributed by atoms with Crippen molar-refractivity contribution in [1.29, 1.82) is 0 Å². The molecule has 2 rings (SSSR count). The lowest BCUT2D eigenvalue weighted by Crippen LogP contribution is -2.29. The molecule has 1 aromatic rings. The first-order valence-electron chi connectivity index (χ1n) is 7.29. The largest absolute Gasteiger partial charge is 0.494 e. The Kier molecular flexibility index (Phi) is 5.53. The van der Waals surface area contributed by atoms with E-state index in [-0.39, 0.29) is 0 Å². The molecule has 1 aliphatic rings. The summed E-state index contributed by atoms with van der Waals surface area (Å²) >= 11 is 0. The Hall–Kier alpha value is -1.02. The highest BCUT2D eigenvalue weighted by molar-refractivity contribution is 5.20. The number of rotatable bonds is 5. The fraction of sp³-hybridized carbons (Fsp3) is 0.625. The lowest BCUT2D eigenvalue weighted by atomic mass is 9.91. The summed E-state index contributed by atoms with van der Waals surface area (Å²) in [7, 11) is 0. The van der Waals surface area contributed by atoms with Crippen LogP contribution >= 0.6 is 0 Å². The van der Waals surface area contributed by atoms with Crippen LogP contribution in [0.2, 0.25) is 0 Å². The molecule has 0 spiro atoms. The molecule has 0 aromatic heterocycles. The molecular formula is C16H25NO. The van der Waals surface area contributed by atoms with Crippen molar-refractivity contribution in [2.75, 3.05) is 6.61 Å². The number of hydrogen-bond acceptors (Lipinski definition) is 2. The molecule has 18 heavy (non-hydrogen) atoms. The predicted molar refractivity (Wildman–Crippen MR) is 75.7 cm³/mol. The maximum absolute atomic E-state index is 6.23. The molecule has 0 heterocycles. The Bertz CT molecular complexity index is 325. The number of hydrogen-bond donors (Lipinski definition) is 1. The van der Waals surface area contributed by atoms with Crippen molar-refractivity contribution in [3.63, 3.8) is 0 Å². The van der Waals surface area contributed by atoms with Crippen LogP contribution in [0, 0.1) is 5.92 Å². The average molecular weight is 247 g/mol. The quantitative estimate of drug-likeness (QED) is 0.635. The third-order valence-electron chi connectivity index (χ3n) is 3.95. The van der Waals surface area contributed by atoms with Gasteiger partial charge in [-0.1, -0.05) is 37.5 Å². The molecule has 1 aliphatic carbocycles. The van der Waals surface area contributed by atoms with Crippen LogP contribution in [-0.2, 0) is 0 Å². The van der Waals surface area contributed by atoms with Crippen molar-refractivity contribution in [2.45, 2.75) is 51.0 Å². The SMILES string of the molecule is NC1CCCCCC1CCCOc1ccccc1. The third-order valence-corrected chi connectivity index (χ3v) is 3.95. The zero-order valence-corrected chi connectivity index (χ0v) is 11.2. The fourth-order valence-electron chi connectivity index (χ4n) is 2.82. The van der Waals surface area contributed by atoms with E-state index in [1.807, 2.05) is 30.3 Å². The summed E-state index contributed by atoms with van der Waals surface area (Å²) in [6.45, 7) is 0.813. The monoisotopic (exact) mass is 247 g/mol. The summed E-state index contributed by atoms with van der Waals surface area (Å²) in [4.78, 5) is 0. The first kappa shape index (κ1) is 13.4. The molecule has 100 valence electrons. The van der Waals surface area contributed by atoms with Gasteiger partial charge in [0.25, 0.3) is 0 Å². The van der Waals surface area contributed by atoms with Gasteiger partial charge < -0.3 is 10.5 Å². The summed E-state index contributed by atoms with van der Waals surface area (Å²) in [6, 6.07) is 10.5. The number of ether oxygens (including phenoxy) is 1. The van der Waals surface area contributed by atoms with E-state index in [1.54, 1.807) is 0 Å². The minimum absolute atomic E-state index is 0.421. The van der Waals surface area contributed by atoms with Crippen LogP contribution in [0.3, 0.4) is 0 Å². The van der Waals surface area contributed by atoms with Gasteiger partial charge in [-0.25, -0.2) is 0 Å². The summed E-state index contributed by atoms with van der Waals surface area (Å²) in [5.74, 6) is 1.69. The van der Waals surface area contributed by atoms with E-state index in [0.717, 1.165) is 18.8 Å². The predicted octanol–water partition coefficient (Wildman–Crippen LogP) is 3.75. The van der Waals surface area contributed by atoms with Crippen LogP contribution in [0.5, 0.6) is 5.75 Å². The second-order valence-corrected chi connectivity index (χ2v) is 5.37. The van der Waals surface area contributed by atoms with Crippen LogP contribution in [0.1, 0.15) is 44.9 Å². The highest BCUT2D eigenvalue weighted by atomic mass is 16.5. The van der Waals surface area contributed by atoms with Crippen molar-refractivity contribution in [2.24, 2.45) is 11.7 Å². The van der Waals surface area contributed by atoms with Gasteiger partial charge in [0.2, 0.25) is 0 Å². The van der Waals surface area contributed by atoms with Crippen LogP contribution in [0.4, 0.5) is 0 Å². The topological polar surface area (TPSA) is 35.2 Å². The number of para-hydroxylation sites is 1. The van der Waals surface area contributed by atoms with Gasteiger partial charge in [-0.3, -0.25) is 0 Å². The normalized spacial score (nSPS) is 24.5. The van der Waals surface area contributed by atoms with Crippen molar-refractivity contribution >= 4 is 0 Å². The van der Waals surface area contributed by atoms with Crippen molar-refractivity contribution in [3.05, 3.63) is 30.3 Å². The van der Waals surface area contributed by atoms with E-state index < -0.39 is 0 Å². The van der Waals surface area contributed by atoms with Crippen molar-refractivity contribution in [3.8, 4) is 5.75 Å². The number of nitrogens with two attached hydrogens (primary N) is 1. The molecular weight excluding hydrogens is 222 g/mol. The zero-order chi connectivity index (χ0) is 12.6. The van der Waals surface area contributed by atoms with E-state index in [9.17, 15) is 0 Å². The first-order valence-corrected chi connectivity index (χ1v) is 7.29. The Balaban J connectivity index is 1.65. The highest BCUT2D eigenvalue weighted by Gasteiger charge is 2.19. The van der Waals surface area contributed by atoms with Gasteiger partial charge >= 0.3 is 0 Å². The van der Waals surface area contributed by atoms with Crippen LogP contribution in [0.15, 0.2) is 30.3 Å². The van der Waals surface area contributed by atoms with Crippen LogP contribution in [-0.4, -0.2) is 12.6 Å².